The number of ether oxygens (including phenoxy) is 1. The molecule has 0 aliphatic carbocycles. The van der Waals surface area contributed by atoms with Crippen molar-refractivity contribution in [3.8, 4) is 6.07 Å². The van der Waals surface area contributed by atoms with E-state index >= 15 is 0 Å². The zero-order valence-corrected chi connectivity index (χ0v) is 14.3. The lowest BCUT2D eigenvalue weighted by molar-refractivity contribution is -0.152. The van der Waals surface area contributed by atoms with Crippen LogP contribution in [0.2, 0.25) is 0 Å². The van der Waals surface area contributed by atoms with Crippen molar-refractivity contribution < 1.29 is 27.4 Å². The molecule has 146 valence electrons. The van der Waals surface area contributed by atoms with E-state index in [1.165, 1.54) is 13.0 Å². The fourth-order valence-corrected chi connectivity index (χ4v) is 3.16. The van der Waals surface area contributed by atoms with Crippen molar-refractivity contribution in [3.05, 3.63) is 23.3 Å². The van der Waals surface area contributed by atoms with Gasteiger partial charge >= 0.3 is 6.18 Å². The molecule has 1 unspecified atom stereocenters. The van der Waals surface area contributed by atoms with Gasteiger partial charge in [-0.05, 0) is 12.8 Å². The molecule has 1 aliphatic rings. The van der Waals surface area contributed by atoms with Gasteiger partial charge in [0.1, 0.15) is 17.1 Å². The van der Waals surface area contributed by atoms with Gasteiger partial charge in [0.05, 0.1) is 36.6 Å². The number of alkyl halides is 3. The predicted octanol–water partition coefficient (Wildman–Crippen LogP) is 2.36. The van der Waals surface area contributed by atoms with E-state index in [0.29, 0.717) is 13.0 Å². The van der Waals surface area contributed by atoms with Gasteiger partial charge in [-0.1, -0.05) is 6.92 Å². The van der Waals surface area contributed by atoms with Crippen LogP contribution in [0.25, 0.3) is 5.52 Å². The molecule has 2 aromatic rings. The number of anilines is 1. The second-order valence-electron chi connectivity index (χ2n) is 6.25. The zero-order valence-electron chi connectivity index (χ0n) is 14.3. The summed E-state index contributed by atoms with van der Waals surface area (Å²) in [6.07, 6.45) is -4.43. The minimum Gasteiger partial charge on any atom is -0.389 e. The van der Waals surface area contributed by atoms with Crippen molar-refractivity contribution >= 4 is 11.5 Å². The van der Waals surface area contributed by atoms with Gasteiger partial charge in [0.25, 0.3) is 0 Å². The van der Waals surface area contributed by atoms with Gasteiger partial charge < -0.3 is 15.2 Å². The van der Waals surface area contributed by atoms with Crippen molar-refractivity contribution in [2.45, 2.75) is 44.0 Å². The number of nitrogens with one attached hydrogen (secondary N) is 1. The summed E-state index contributed by atoms with van der Waals surface area (Å²) in [6.45, 7) is 1.80. The lowest BCUT2D eigenvalue weighted by atomic mass is 9.99. The summed E-state index contributed by atoms with van der Waals surface area (Å²) in [6, 6.07) is 1.05. The van der Waals surface area contributed by atoms with E-state index < -0.39 is 41.3 Å². The minimum absolute atomic E-state index is 0.0776. The molecule has 2 N–H and O–H groups in total. The second-order valence-corrected chi connectivity index (χ2v) is 6.25. The molecule has 0 spiro atoms. The highest BCUT2D eigenvalue weighted by Crippen LogP contribution is 2.40. The molecule has 11 heteroatoms. The van der Waals surface area contributed by atoms with E-state index in [2.05, 4.69) is 15.4 Å². The maximum atomic E-state index is 14.5. The highest BCUT2D eigenvalue weighted by Gasteiger charge is 2.44. The van der Waals surface area contributed by atoms with Gasteiger partial charge in [0.15, 0.2) is 5.82 Å². The third-order valence-electron chi connectivity index (χ3n) is 4.55. The number of rotatable bonds is 4. The van der Waals surface area contributed by atoms with Crippen molar-refractivity contribution in [2.75, 3.05) is 18.5 Å². The fraction of sp³-hybridized carbons (Fsp3) is 0.562. The maximum absolute atomic E-state index is 14.5. The molecule has 27 heavy (non-hydrogen) atoms. The Labute approximate surface area is 151 Å². The third kappa shape index (κ3) is 3.54. The molecule has 0 bridgehead atoms. The Hall–Kier alpha value is -2.45. The molecule has 0 aromatic carbocycles. The molecular formula is C16H17F4N5O2. The van der Waals surface area contributed by atoms with Crippen molar-refractivity contribution in [2.24, 2.45) is 0 Å². The number of halogens is 4. The first-order valence-electron chi connectivity index (χ1n) is 8.34. The Bertz CT molecular complexity index is 876. The lowest BCUT2D eigenvalue weighted by Gasteiger charge is -2.28. The Kier molecular flexibility index (Phi) is 5.21. The zero-order chi connectivity index (χ0) is 19.8. The molecule has 2 aromatic heterocycles. The van der Waals surface area contributed by atoms with Crippen LogP contribution in [-0.2, 0) is 4.74 Å². The van der Waals surface area contributed by atoms with Crippen LogP contribution in [0, 0.1) is 17.1 Å². The minimum atomic E-state index is -4.67. The van der Waals surface area contributed by atoms with Crippen molar-refractivity contribution in [1.29, 1.82) is 5.26 Å². The number of aliphatic hydroxyl groups is 1. The number of nitrogens with zero attached hydrogens (tertiary/aromatic N) is 4. The van der Waals surface area contributed by atoms with Gasteiger partial charge in [-0.15, -0.1) is 5.10 Å². The molecular weight excluding hydrogens is 370 g/mol. The lowest BCUT2D eigenvalue weighted by Crippen LogP contribution is -2.42. The van der Waals surface area contributed by atoms with Gasteiger partial charge in [0.2, 0.25) is 5.95 Å². The molecule has 0 radical (unpaired) electrons. The number of nitriles is 1. The van der Waals surface area contributed by atoms with E-state index in [1.807, 2.05) is 0 Å². The molecule has 7 nitrogen and oxygen atoms in total. The fourth-order valence-electron chi connectivity index (χ4n) is 3.16. The Morgan fingerprint density at radius 3 is 2.85 bits per heavy atom. The number of hydrogen-bond donors (Lipinski definition) is 2. The predicted molar refractivity (Wildman–Crippen MR) is 85.6 cm³/mol. The summed E-state index contributed by atoms with van der Waals surface area (Å²) in [5, 5.41) is 25.9. The van der Waals surface area contributed by atoms with E-state index in [0.717, 1.165) is 10.7 Å². The summed E-state index contributed by atoms with van der Waals surface area (Å²) >= 11 is 0. The van der Waals surface area contributed by atoms with Crippen LogP contribution in [0.5, 0.6) is 0 Å². The Morgan fingerprint density at radius 2 is 2.26 bits per heavy atom. The highest BCUT2D eigenvalue weighted by molar-refractivity contribution is 5.58. The van der Waals surface area contributed by atoms with E-state index in [4.69, 9.17) is 4.74 Å². The molecule has 0 amide bonds. The van der Waals surface area contributed by atoms with Gasteiger partial charge in [-0.2, -0.15) is 18.4 Å². The van der Waals surface area contributed by atoms with Gasteiger partial charge in [-0.25, -0.2) is 13.9 Å². The molecule has 1 fully saturated rings. The smallest absolute Gasteiger partial charge is 0.389 e. The van der Waals surface area contributed by atoms with Crippen molar-refractivity contribution in [1.82, 2.24) is 14.6 Å². The number of aromatic nitrogens is 3. The molecule has 3 rings (SSSR count). The third-order valence-corrected chi connectivity index (χ3v) is 4.55. The summed E-state index contributed by atoms with van der Waals surface area (Å²) in [5.74, 6) is -3.22. The van der Waals surface area contributed by atoms with Crippen LogP contribution in [0.15, 0.2) is 6.20 Å². The van der Waals surface area contributed by atoms with Gasteiger partial charge in [-0.3, -0.25) is 0 Å². The number of aliphatic hydroxyl groups excluding tert-OH is 1. The van der Waals surface area contributed by atoms with E-state index in [-0.39, 0.29) is 24.5 Å². The summed E-state index contributed by atoms with van der Waals surface area (Å²) in [7, 11) is 0. The van der Waals surface area contributed by atoms with Crippen LogP contribution < -0.4 is 5.32 Å². The first-order valence-corrected chi connectivity index (χ1v) is 8.34. The molecule has 0 saturated carbocycles. The van der Waals surface area contributed by atoms with E-state index in [1.54, 1.807) is 0 Å². The average Bonchev–Trinajstić information content (AvgIpc) is 2.88. The Balaban J connectivity index is 2.09. The van der Waals surface area contributed by atoms with Crippen LogP contribution in [-0.4, -0.2) is 51.2 Å². The van der Waals surface area contributed by atoms with Crippen molar-refractivity contribution in [3.63, 3.8) is 0 Å². The second kappa shape index (κ2) is 7.28. The summed E-state index contributed by atoms with van der Waals surface area (Å²) in [4.78, 5) is 3.91. The monoisotopic (exact) mass is 387 g/mol. The normalized spacial score (nSPS) is 21.8. The van der Waals surface area contributed by atoms with Crippen LogP contribution in [0.3, 0.4) is 0 Å². The average molecular weight is 387 g/mol. The number of hydrogen-bond acceptors (Lipinski definition) is 6. The molecule has 1 saturated heterocycles. The molecule has 3 atom stereocenters. The van der Waals surface area contributed by atoms with Crippen LogP contribution in [0.4, 0.5) is 23.5 Å². The molecule has 3 heterocycles. The first kappa shape index (κ1) is 19.3. The van der Waals surface area contributed by atoms with E-state index in [9.17, 15) is 27.9 Å². The standard InChI is InChI=1S/C16H17F4N5O2/c1-2-9(16(18,19)20)14-8(5-21)13(17)11-6-22-15(24-25(11)14)23-10-3-4-27-7-12(10)26/h6,9-10,12,26H,2-4,7H2,1H3,(H,23,24)/t9?,10-,12-/m1/s1. The van der Waals surface area contributed by atoms with Gasteiger partial charge in [0, 0.05) is 6.61 Å². The Morgan fingerprint density at radius 1 is 1.52 bits per heavy atom. The maximum Gasteiger partial charge on any atom is 0.397 e. The summed E-state index contributed by atoms with van der Waals surface area (Å²) in [5.41, 5.74) is -1.57. The largest absolute Gasteiger partial charge is 0.397 e. The SMILES string of the molecule is CCC(c1c(C#N)c(F)c2cnc(N[C@@H]3CCOC[C@H]3O)nn12)C(F)(F)F. The van der Waals surface area contributed by atoms with Crippen LogP contribution in [0.1, 0.15) is 36.9 Å². The highest BCUT2D eigenvalue weighted by atomic mass is 19.4. The van der Waals surface area contributed by atoms with Crippen LogP contribution >= 0.6 is 0 Å². The quantitative estimate of drug-likeness (QED) is 0.782. The topological polar surface area (TPSA) is 95.5 Å². The number of fused-ring (bicyclic) bond motifs is 1. The summed E-state index contributed by atoms with van der Waals surface area (Å²) < 4.78 is 60.6. The molecule has 1 aliphatic heterocycles. The first-order chi connectivity index (χ1) is 12.8.